The van der Waals surface area contributed by atoms with Crippen molar-refractivity contribution in [1.82, 2.24) is 0 Å². The van der Waals surface area contributed by atoms with Crippen LogP contribution in [0.25, 0.3) is 0 Å². The summed E-state index contributed by atoms with van der Waals surface area (Å²) in [4.78, 5) is 0.565. The Morgan fingerprint density at radius 1 is 0.950 bits per heavy atom. The molecule has 0 saturated carbocycles. The molecule has 6 heteroatoms. The molecule has 0 fully saturated rings. The fraction of sp³-hybridized carbons (Fsp3) is 0.143. The highest BCUT2D eigenvalue weighted by atomic mass is 32.2. The number of nitrogens with one attached hydrogen (secondary N) is 1. The van der Waals surface area contributed by atoms with Crippen LogP contribution in [0.4, 0.5) is 18.9 Å². The fourth-order valence-electron chi connectivity index (χ4n) is 1.56. The summed E-state index contributed by atoms with van der Waals surface area (Å²) in [5.41, 5.74) is 0.682. The Hall–Kier alpha value is -1.82. The molecule has 0 aliphatic carbocycles. The zero-order valence-electron chi connectivity index (χ0n) is 10.6. The average molecular weight is 299 g/mol. The minimum Gasteiger partial charge on any atom is -0.301 e. The Balaban J connectivity index is 2.10. The normalized spacial score (nSPS) is 13.0. The largest absolute Gasteiger partial charge is 0.416 e. The molecular formula is C14H12F3NOS. The van der Waals surface area contributed by atoms with Crippen molar-refractivity contribution in [3.05, 3.63) is 59.7 Å². The summed E-state index contributed by atoms with van der Waals surface area (Å²) in [6.07, 6.45) is -4.37. The van der Waals surface area contributed by atoms with Crippen molar-refractivity contribution in [2.24, 2.45) is 0 Å². The topological polar surface area (TPSA) is 29.1 Å². The van der Waals surface area contributed by atoms with Crippen LogP contribution in [0, 0.1) is 6.92 Å². The maximum absolute atomic E-state index is 12.4. The van der Waals surface area contributed by atoms with E-state index in [0.717, 1.165) is 17.7 Å². The zero-order valence-corrected chi connectivity index (χ0v) is 11.4. The number of hydrogen-bond donors (Lipinski definition) is 1. The van der Waals surface area contributed by atoms with Gasteiger partial charge in [0.05, 0.1) is 10.5 Å². The van der Waals surface area contributed by atoms with Gasteiger partial charge in [-0.2, -0.15) is 13.2 Å². The number of hydrogen-bond acceptors (Lipinski definition) is 1. The van der Waals surface area contributed by atoms with E-state index in [1.165, 1.54) is 12.1 Å². The van der Waals surface area contributed by atoms with Crippen LogP contribution in [0.1, 0.15) is 11.1 Å². The summed E-state index contributed by atoms with van der Waals surface area (Å²) in [5, 5.41) is 0. The van der Waals surface area contributed by atoms with Gasteiger partial charge in [0, 0.05) is 5.69 Å². The molecule has 0 heterocycles. The van der Waals surface area contributed by atoms with E-state index < -0.39 is 22.7 Å². The van der Waals surface area contributed by atoms with Gasteiger partial charge in [0.1, 0.15) is 11.0 Å². The molecule has 2 aromatic rings. The van der Waals surface area contributed by atoms with Gasteiger partial charge in [-0.25, -0.2) is 4.21 Å². The maximum atomic E-state index is 12.4. The standard InChI is InChI=1S/C14H12F3NOS/c1-10-2-8-13(9-3-10)20(19)18-12-6-4-11(5-7-12)14(15,16)17/h2-9,18H,1H3. The number of aryl methyl sites for hydroxylation is 1. The number of alkyl halides is 3. The van der Waals surface area contributed by atoms with Crippen LogP contribution in [0.3, 0.4) is 0 Å². The summed E-state index contributed by atoms with van der Waals surface area (Å²) in [5.74, 6) is 0. The molecule has 1 atom stereocenters. The number of benzene rings is 2. The molecule has 2 nitrogen and oxygen atoms in total. The van der Waals surface area contributed by atoms with Crippen LogP contribution in [0.5, 0.6) is 0 Å². The van der Waals surface area contributed by atoms with E-state index >= 15 is 0 Å². The Morgan fingerprint density at radius 2 is 1.50 bits per heavy atom. The first-order valence-corrected chi connectivity index (χ1v) is 6.93. The second-order valence-corrected chi connectivity index (χ2v) is 5.47. The van der Waals surface area contributed by atoms with Crippen molar-refractivity contribution in [3.63, 3.8) is 0 Å². The third-order valence-electron chi connectivity index (χ3n) is 2.66. The van der Waals surface area contributed by atoms with Gasteiger partial charge in [0.25, 0.3) is 0 Å². The van der Waals surface area contributed by atoms with E-state index in [1.54, 1.807) is 12.1 Å². The number of anilines is 1. The lowest BCUT2D eigenvalue weighted by atomic mass is 10.2. The van der Waals surface area contributed by atoms with Crippen LogP contribution >= 0.6 is 0 Å². The first-order chi connectivity index (χ1) is 9.36. The van der Waals surface area contributed by atoms with Crippen molar-refractivity contribution < 1.29 is 17.4 Å². The summed E-state index contributed by atoms with van der Waals surface area (Å²) in [6, 6.07) is 11.5. The summed E-state index contributed by atoms with van der Waals surface area (Å²) in [7, 11) is -1.50. The predicted molar refractivity (Wildman–Crippen MR) is 72.7 cm³/mol. The Bertz CT molecular complexity index is 606. The molecule has 0 aromatic heterocycles. The summed E-state index contributed by atoms with van der Waals surface area (Å²) >= 11 is 0. The smallest absolute Gasteiger partial charge is 0.301 e. The molecule has 0 aliphatic heterocycles. The van der Waals surface area contributed by atoms with E-state index in [2.05, 4.69) is 4.72 Å². The lowest BCUT2D eigenvalue weighted by molar-refractivity contribution is -0.137. The highest BCUT2D eigenvalue weighted by Crippen LogP contribution is 2.30. The second-order valence-electron chi connectivity index (χ2n) is 4.26. The van der Waals surface area contributed by atoms with Crippen LogP contribution in [0.15, 0.2) is 53.4 Å². The van der Waals surface area contributed by atoms with Gasteiger partial charge in [-0.3, -0.25) is 0 Å². The maximum Gasteiger partial charge on any atom is 0.416 e. The molecule has 0 aliphatic rings. The van der Waals surface area contributed by atoms with Crippen LogP contribution < -0.4 is 4.72 Å². The monoisotopic (exact) mass is 299 g/mol. The van der Waals surface area contributed by atoms with Gasteiger partial charge in [-0.15, -0.1) is 0 Å². The number of halogens is 3. The SMILES string of the molecule is Cc1ccc(S(=O)Nc2ccc(C(F)(F)F)cc2)cc1. The molecule has 2 aromatic carbocycles. The Labute approximate surface area is 117 Å². The van der Waals surface area contributed by atoms with E-state index in [1.807, 2.05) is 19.1 Å². The van der Waals surface area contributed by atoms with Gasteiger partial charge in [0.2, 0.25) is 0 Å². The molecule has 0 saturated heterocycles. The molecular weight excluding hydrogens is 287 g/mol. The molecule has 0 amide bonds. The van der Waals surface area contributed by atoms with Crippen molar-refractivity contribution >= 4 is 16.7 Å². The minimum atomic E-state index is -4.37. The lowest BCUT2D eigenvalue weighted by Gasteiger charge is -2.09. The van der Waals surface area contributed by atoms with Crippen LogP contribution in [-0.4, -0.2) is 4.21 Å². The third kappa shape index (κ3) is 3.60. The fourth-order valence-corrected chi connectivity index (χ4v) is 2.41. The zero-order chi connectivity index (χ0) is 14.8. The van der Waals surface area contributed by atoms with Gasteiger partial charge >= 0.3 is 6.18 Å². The van der Waals surface area contributed by atoms with E-state index in [4.69, 9.17) is 0 Å². The van der Waals surface area contributed by atoms with Crippen molar-refractivity contribution in [1.29, 1.82) is 0 Å². The molecule has 20 heavy (non-hydrogen) atoms. The molecule has 106 valence electrons. The van der Waals surface area contributed by atoms with Gasteiger partial charge in [-0.05, 0) is 43.3 Å². The van der Waals surface area contributed by atoms with Crippen molar-refractivity contribution in [2.45, 2.75) is 18.0 Å². The number of rotatable bonds is 3. The van der Waals surface area contributed by atoms with Crippen molar-refractivity contribution in [3.8, 4) is 0 Å². The molecule has 0 radical (unpaired) electrons. The molecule has 1 unspecified atom stereocenters. The molecule has 2 rings (SSSR count). The highest BCUT2D eigenvalue weighted by molar-refractivity contribution is 7.86. The summed E-state index contributed by atoms with van der Waals surface area (Å²) in [6.45, 7) is 1.91. The van der Waals surface area contributed by atoms with Gasteiger partial charge in [-0.1, -0.05) is 17.7 Å². The van der Waals surface area contributed by atoms with E-state index in [9.17, 15) is 17.4 Å². The molecule has 1 N–H and O–H groups in total. The van der Waals surface area contributed by atoms with Crippen LogP contribution in [-0.2, 0) is 17.2 Å². The first-order valence-electron chi connectivity index (χ1n) is 5.78. The predicted octanol–water partition coefficient (Wildman–Crippen LogP) is 4.15. The first kappa shape index (κ1) is 14.6. The lowest BCUT2D eigenvalue weighted by Crippen LogP contribution is -2.07. The van der Waals surface area contributed by atoms with Crippen LogP contribution in [0.2, 0.25) is 0 Å². The average Bonchev–Trinajstić information content (AvgIpc) is 2.39. The van der Waals surface area contributed by atoms with E-state index in [0.29, 0.717) is 10.6 Å². The Morgan fingerprint density at radius 3 is 2.00 bits per heavy atom. The van der Waals surface area contributed by atoms with Gasteiger partial charge < -0.3 is 4.72 Å². The molecule has 0 spiro atoms. The third-order valence-corrected chi connectivity index (χ3v) is 3.78. The second kappa shape index (κ2) is 5.66. The quantitative estimate of drug-likeness (QED) is 0.906. The van der Waals surface area contributed by atoms with E-state index in [-0.39, 0.29) is 0 Å². The molecule has 0 bridgehead atoms. The van der Waals surface area contributed by atoms with Crippen molar-refractivity contribution in [2.75, 3.05) is 4.72 Å². The van der Waals surface area contributed by atoms with Gasteiger partial charge in [0.15, 0.2) is 0 Å². The highest BCUT2D eigenvalue weighted by Gasteiger charge is 2.29. The summed E-state index contributed by atoms with van der Waals surface area (Å²) < 4.78 is 51.9. The minimum absolute atomic E-state index is 0.372. The Kier molecular flexibility index (Phi) is 4.13.